The van der Waals surface area contributed by atoms with E-state index in [2.05, 4.69) is 10.2 Å². The fourth-order valence-corrected chi connectivity index (χ4v) is 3.44. The fraction of sp³-hybridized carbons (Fsp3) is 0.300. The number of carbonyl (C=O) groups excluding carboxylic acids is 1. The second-order valence-corrected chi connectivity index (χ2v) is 6.46. The molecule has 1 N–H and O–H groups in total. The highest BCUT2D eigenvalue weighted by atomic mass is 16.3. The Kier molecular flexibility index (Phi) is 4.58. The first-order chi connectivity index (χ1) is 12.7. The molecule has 2 aromatic heterocycles. The smallest absolute Gasteiger partial charge is 0.287 e. The lowest BCUT2D eigenvalue weighted by Crippen LogP contribution is -2.36. The van der Waals surface area contributed by atoms with Gasteiger partial charge < -0.3 is 14.2 Å². The Morgan fingerprint density at radius 2 is 1.96 bits per heavy atom. The van der Waals surface area contributed by atoms with Crippen molar-refractivity contribution in [3.05, 3.63) is 70.5 Å². The van der Waals surface area contributed by atoms with Crippen molar-refractivity contribution in [2.45, 2.75) is 18.9 Å². The lowest BCUT2D eigenvalue weighted by molar-refractivity contribution is 0.0906. The van der Waals surface area contributed by atoms with Crippen LogP contribution < -0.4 is 10.7 Å². The van der Waals surface area contributed by atoms with Gasteiger partial charge in [-0.2, -0.15) is 0 Å². The fourth-order valence-electron chi connectivity index (χ4n) is 3.44. The predicted molar refractivity (Wildman–Crippen MR) is 97.1 cm³/mol. The molecule has 1 atom stereocenters. The van der Waals surface area contributed by atoms with Gasteiger partial charge in [-0.15, -0.1) is 0 Å². The van der Waals surface area contributed by atoms with Crippen molar-refractivity contribution in [3.63, 3.8) is 0 Å². The lowest BCUT2D eigenvalue weighted by atomic mass is 10.2. The molecule has 3 aromatic rings. The highest BCUT2D eigenvalue weighted by molar-refractivity contribution is 5.93. The van der Waals surface area contributed by atoms with Crippen LogP contribution in [0.3, 0.4) is 0 Å². The van der Waals surface area contributed by atoms with Crippen LogP contribution in [0.15, 0.2) is 62.4 Å². The van der Waals surface area contributed by atoms with E-state index in [0.717, 1.165) is 31.7 Å². The number of furan rings is 1. The van der Waals surface area contributed by atoms with Crippen LogP contribution in [0.1, 0.15) is 35.2 Å². The quantitative estimate of drug-likeness (QED) is 0.764. The van der Waals surface area contributed by atoms with E-state index < -0.39 is 5.91 Å². The van der Waals surface area contributed by atoms with Gasteiger partial charge in [0.15, 0.2) is 11.2 Å². The van der Waals surface area contributed by atoms with Crippen LogP contribution in [0.25, 0.3) is 11.0 Å². The third-order valence-corrected chi connectivity index (χ3v) is 4.77. The van der Waals surface area contributed by atoms with Crippen LogP contribution in [-0.2, 0) is 0 Å². The van der Waals surface area contributed by atoms with E-state index >= 15 is 0 Å². The van der Waals surface area contributed by atoms with Gasteiger partial charge in [-0.3, -0.25) is 14.5 Å². The van der Waals surface area contributed by atoms with E-state index in [1.54, 1.807) is 30.5 Å². The Bertz CT molecular complexity index is 955. The number of hydrogen-bond donors (Lipinski definition) is 1. The number of para-hydroxylation sites is 1. The van der Waals surface area contributed by atoms with Crippen LogP contribution in [0, 0.1) is 0 Å². The third-order valence-electron chi connectivity index (χ3n) is 4.77. The largest absolute Gasteiger partial charge is 0.468 e. The first kappa shape index (κ1) is 16.6. The molecule has 0 saturated carbocycles. The first-order valence-corrected chi connectivity index (χ1v) is 8.81. The summed E-state index contributed by atoms with van der Waals surface area (Å²) in [6.45, 7) is 2.35. The molecule has 1 aliphatic rings. The van der Waals surface area contributed by atoms with Crippen LogP contribution >= 0.6 is 0 Å². The van der Waals surface area contributed by atoms with Gasteiger partial charge in [-0.1, -0.05) is 12.1 Å². The lowest BCUT2D eigenvalue weighted by Gasteiger charge is -2.25. The second kappa shape index (κ2) is 7.17. The van der Waals surface area contributed by atoms with Crippen LogP contribution in [0.2, 0.25) is 0 Å². The van der Waals surface area contributed by atoms with Crippen molar-refractivity contribution in [2.75, 3.05) is 19.6 Å². The molecule has 0 bridgehead atoms. The minimum absolute atomic E-state index is 0.0216. The molecule has 0 unspecified atom stereocenters. The van der Waals surface area contributed by atoms with E-state index in [1.807, 2.05) is 12.1 Å². The third kappa shape index (κ3) is 3.28. The minimum atomic E-state index is -0.399. The maximum absolute atomic E-state index is 12.5. The molecule has 0 aliphatic carbocycles. The Morgan fingerprint density at radius 3 is 2.73 bits per heavy atom. The summed E-state index contributed by atoms with van der Waals surface area (Å²) >= 11 is 0. The molecule has 6 nitrogen and oxygen atoms in total. The van der Waals surface area contributed by atoms with Gasteiger partial charge in [-0.05, 0) is 50.2 Å². The summed E-state index contributed by atoms with van der Waals surface area (Å²) in [7, 11) is 0. The number of carbonyl (C=O) groups is 1. The number of nitrogens with zero attached hydrogens (tertiary/aromatic N) is 1. The number of nitrogens with one attached hydrogen (secondary N) is 1. The van der Waals surface area contributed by atoms with Gasteiger partial charge in [0.05, 0.1) is 17.7 Å². The highest BCUT2D eigenvalue weighted by Crippen LogP contribution is 2.25. The molecule has 26 heavy (non-hydrogen) atoms. The molecule has 1 aliphatic heterocycles. The Labute approximate surface area is 150 Å². The molecule has 134 valence electrons. The summed E-state index contributed by atoms with van der Waals surface area (Å²) in [5.41, 5.74) is 0.186. The monoisotopic (exact) mass is 352 g/mol. The van der Waals surface area contributed by atoms with Gasteiger partial charge in [0.25, 0.3) is 5.91 Å². The molecule has 1 saturated heterocycles. The first-order valence-electron chi connectivity index (χ1n) is 8.81. The van der Waals surface area contributed by atoms with Crippen molar-refractivity contribution in [2.24, 2.45) is 0 Å². The summed E-state index contributed by atoms with van der Waals surface area (Å²) in [6, 6.07) is 11.9. The van der Waals surface area contributed by atoms with Crippen LogP contribution in [0.4, 0.5) is 0 Å². The van der Waals surface area contributed by atoms with E-state index in [1.165, 1.54) is 6.07 Å². The molecule has 4 rings (SSSR count). The van der Waals surface area contributed by atoms with Crippen molar-refractivity contribution < 1.29 is 13.6 Å². The maximum Gasteiger partial charge on any atom is 0.287 e. The second-order valence-electron chi connectivity index (χ2n) is 6.46. The number of likely N-dealkylation sites (tertiary alicyclic amines) is 1. The molecule has 1 fully saturated rings. The van der Waals surface area contributed by atoms with Crippen molar-refractivity contribution in [1.82, 2.24) is 10.2 Å². The molecule has 1 aromatic carbocycles. The number of amides is 1. The molecule has 6 heteroatoms. The topological polar surface area (TPSA) is 75.7 Å². The summed E-state index contributed by atoms with van der Waals surface area (Å²) in [5.74, 6) is 0.448. The highest BCUT2D eigenvalue weighted by Gasteiger charge is 2.26. The summed E-state index contributed by atoms with van der Waals surface area (Å²) in [4.78, 5) is 27.0. The molecule has 1 amide bonds. The zero-order valence-corrected chi connectivity index (χ0v) is 14.3. The molecule has 0 spiro atoms. The molecular weight excluding hydrogens is 332 g/mol. The molecule has 0 radical (unpaired) electrons. The average molecular weight is 352 g/mol. The van der Waals surface area contributed by atoms with E-state index in [-0.39, 0.29) is 17.2 Å². The van der Waals surface area contributed by atoms with E-state index in [9.17, 15) is 9.59 Å². The minimum Gasteiger partial charge on any atom is -0.468 e. The standard InChI is InChI=1S/C20H20N2O4/c23-16-12-19(26-17-7-2-1-6-14(16)17)20(24)21-13-15(18-8-5-11-25-18)22-9-3-4-10-22/h1-2,5-8,11-12,15H,3-4,9-10,13H2,(H,21,24)/t15-/m1/s1. The zero-order valence-electron chi connectivity index (χ0n) is 14.3. The summed E-state index contributed by atoms with van der Waals surface area (Å²) in [6.07, 6.45) is 3.93. The van der Waals surface area contributed by atoms with Crippen molar-refractivity contribution in [1.29, 1.82) is 0 Å². The normalized spacial score (nSPS) is 16.0. The van der Waals surface area contributed by atoms with E-state index in [4.69, 9.17) is 8.83 Å². The molecular formula is C20H20N2O4. The SMILES string of the molecule is O=C(NC[C@H](c1ccco1)N1CCCC1)c1cc(=O)c2ccccc2o1. The predicted octanol–water partition coefficient (Wildman–Crippen LogP) is 2.95. The van der Waals surface area contributed by atoms with Crippen LogP contribution in [0.5, 0.6) is 0 Å². The molecule has 3 heterocycles. The van der Waals surface area contributed by atoms with Crippen molar-refractivity contribution >= 4 is 16.9 Å². The van der Waals surface area contributed by atoms with Crippen molar-refractivity contribution in [3.8, 4) is 0 Å². The Morgan fingerprint density at radius 1 is 1.15 bits per heavy atom. The summed E-state index contributed by atoms with van der Waals surface area (Å²) in [5, 5.41) is 3.35. The number of fused-ring (bicyclic) bond motifs is 1. The maximum atomic E-state index is 12.5. The van der Waals surface area contributed by atoms with Crippen LogP contribution in [-0.4, -0.2) is 30.4 Å². The van der Waals surface area contributed by atoms with Gasteiger partial charge in [-0.25, -0.2) is 0 Å². The van der Waals surface area contributed by atoms with Gasteiger partial charge >= 0.3 is 0 Å². The zero-order chi connectivity index (χ0) is 17.9. The number of hydrogen-bond acceptors (Lipinski definition) is 5. The number of benzene rings is 1. The summed E-state index contributed by atoms with van der Waals surface area (Å²) < 4.78 is 11.2. The number of rotatable bonds is 5. The van der Waals surface area contributed by atoms with E-state index in [0.29, 0.717) is 17.5 Å². The van der Waals surface area contributed by atoms with Gasteiger partial charge in [0.2, 0.25) is 0 Å². The Balaban J connectivity index is 1.53. The Hall–Kier alpha value is -2.86. The van der Waals surface area contributed by atoms with Gasteiger partial charge in [0.1, 0.15) is 11.3 Å². The average Bonchev–Trinajstić information content (AvgIpc) is 3.36. The van der Waals surface area contributed by atoms with Gasteiger partial charge in [0, 0.05) is 12.6 Å².